The van der Waals surface area contributed by atoms with E-state index in [9.17, 15) is 28.5 Å². The Balaban J connectivity index is 2.31. The van der Waals surface area contributed by atoms with Crippen molar-refractivity contribution in [3.63, 3.8) is 0 Å². The zero-order chi connectivity index (χ0) is 15.7. The molecule has 1 amide bonds. The average molecular weight is 300 g/mol. The van der Waals surface area contributed by atoms with Gasteiger partial charge in [0.25, 0.3) is 11.6 Å². The number of hydrogen-bond donors (Lipinski definition) is 2. The minimum Gasteiger partial charge on any atom is -0.480 e. The van der Waals surface area contributed by atoms with Crippen molar-refractivity contribution in [2.24, 2.45) is 5.92 Å². The maximum atomic E-state index is 13.2. The first-order chi connectivity index (χ1) is 9.81. The van der Waals surface area contributed by atoms with Crippen LogP contribution in [0.1, 0.15) is 23.2 Å². The number of carbonyl (C=O) groups excluding carboxylic acids is 1. The summed E-state index contributed by atoms with van der Waals surface area (Å²) >= 11 is 0. The summed E-state index contributed by atoms with van der Waals surface area (Å²) < 4.78 is 26.2. The first-order valence-corrected chi connectivity index (χ1v) is 5.98. The van der Waals surface area contributed by atoms with Crippen LogP contribution in [0.3, 0.4) is 0 Å². The predicted octanol–water partition coefficient (Wildman–Crippen LogP) is 1.47. The van der Waals surface area contributed by atoms with Gasteiger partial charge in [0.15, 0.2) is 11.6 Å². The number of aliphatic carboxylic acids is 1. The van der Waals surface area contributed by atoms with Crippen LogP contribution in [0.4, 0.5) is 14.5 Å². The molecule has 21 heavy (non-hydrogen) atoms. The lowest BCUT2D eigenvalue weighted by atomic mass is 10.1. The van der Waals surface area contributed by atoms with Gasteiger partial charge in [-0.1, -0.05) is 0 Å². The number of hydrogen-bond acceptors (Lipinski definition) is 4. The third-order valence-electron chi connectivity index (χ3n) is 3.13. The molecule has 1 aromatic rings. The van der Waals surface area contributed by atoms with Crippen molar-refractivity contribution in [2.45, 2.75) is 18.9 Å². The highest BCUT2D eigenvalue weighted by molar-refractivity contribution is 6.00. The molecule has 0 spiro atoms. The monoisotopic (exact) mass is 300 g/mol. The number of benzene rings is 1. The van der Waals surface area contributed by atoms with Crippen LogP contribution in [0, 0.1) is 27.7 Å². The fourth-order valence-electron chi connectivity index (χ4n) is 1.90. The number of nitrogens with one attached hydrogen (secondary N) is 1. The lowest BCUT2D eigenvalue weighted by Crippen LogP contribution is -2.42. The summed E-state index contributed by atoms with van der Waals surface area (Å²) in [5, 5.41) is 21.9. The number of carbonyl (C=O) groups is 2. The number of rotatable bonds is 5. The van der Waals surface area contributed by atoms with E-state index in [0.717, 1.165) is 0 Å². The molecule has 1 atom stereocenters. The number of nitro benzene ring substituents is 1. The molecule has 9 heteroatoms. The molecule has 1 aliphatic carbocycles. The van der Waals surface area contributed by atoms with E-state index in [1.807, 2.05) is 0 Å². The predicted molar refractivity (Wildman–Crippen MR) is 64.6 cm³/mol. The SMILES string of the molecule is O=C(NC(C(=O)O)C1CC1)c1cc(F)c(F)cc1[N+](=O)[O-]. The Labute approximate surface area is 116 Å². The molecule has 1 aliphatic rings. The zero-order valence-corrected chi connectivity index (χ0v) is 10.5. The van der Waals surface area contributed by atoms with E-state index in [-0.39, 0.29) is 12.0 Å². The molecule has 1 saturated carbocycles. The molecule has 0 heterocycles. The van der Waals surface area contributed by atoms with Crippen molar-refractivity contribution in [3.05, 3.63) is 39.4 Å². The highest BCUT2D eigenvalue weighted by Crippen LogP contribution is 2.33. The molecule has 0 radical (unpaired) electrons. The Morgan fingerprint density at radius 2 is 1.90 bits per heavy atom. The molecule has 1 unspecified atom stereocenters. The second kappa shape index (κ2) is 5.43. The molecule has 1 aromatic carbocycles. The molecule has 1 fully saturated rings. The van der Waals surface area contributed by atoms with Gasteiger partial charge >= 0.3 is 5.97 Å². The Morgan fingerprint density at radius 1 is 1.33 bits per heavy atom. The van der Waals surface area contributed by atoms with Gasteiger partial charge in [0.1, 0.15) is 11.6 Å². The quantitative estimate of drug-likeness (QED) is 0.632. The number of nitrogens with zero attached hydrogens (tertiary/aromatic N) is 1. The summed E-state index contributed by atoms with van der Waals surface area (Å²) in [6, 6.07) is -0.531. The van der Waals surface area contributed by atoms with Gasteiger partial charge in [-0.3, -0.25) is 14.9 Å². The molecular weight excluding hydrogens is 290 g/mol. The average Bonchev–Trinajstić information content (AvgIpc) is 3.22. The summed E-state index contributed by atoms with van der Waals surface area (Å²) in [5.41, 5.74) is -1.64. The van der Waals surface area contributed by atoms with Gasteiger partial charge in [-0.25, -0.2) is 13.6 Å². The Morgan fingerprint density at radius 3 is 2.38 bits per heavy atom. The third kappa shape index (κ3) is 3.12. The van der Waals surface area contributed by atoms with E-state index < -0.39 is 45.7 Å². The molecule has 7 nitrogen and oxygen atoms in total. The molecule has 0 saturated heterocycles. The first kappa shape index (κ1) is 14.8. The van der Waals surface area contributed by atoms with Crippen LogP contribution in [0.2, 0.25) is 0 Å². The van der Waals surface area contributed by atoms with Crippen LogP contribution in [-0.2, 0) is 4.79 Å². The van der Waals surface area contributed by atoms with Crippen molar-refractivity contribution >= 4 is 17.6 Å². The van der Waals surface area contributed by atoms with E-state index in [1.165, 1.54) is 0 Å². The van der Waals surface area contributed by atoms with Crippen LogP contribution >= 0.6 is 0 Å². The van der Waals surface area contributed by atoms with Gasteiger partial charge in [-0.2, -0.15) is 0 Å². The molecule has 112 valence electrons. The number of halogens is 2. The van der Waals surface area contributed by atoms with Gasteiger partial charge in [0.2, 0.25) is 0 Å². The van der Waals surface area contributed by atoms with Crippen LogP contribution in [-0.4, -0.2) is 27.9 Å². The van der Waals surface area contributed by atoms with Crippen LogP contribution in [0.15, 0.2) is 12.1 Å². The lowest BCUT2D eigenvalue weighted by Gasteiger charge is -2.13. The Kier molecular flexibility index (Phi) is 3.83. The highest BCUT2D eigenvalue weighted by Gasteiger charge is 2.38. The van der Waals surface area contributed by atoms with Gasteiger partial charge in [0, 0.05) is 0 Å². The van der Waals surface area contributed by atoms with Crippen molar-refractivity contribution in [1.29, 1.82) is 0 Å². The van der Waals surface area contributed by atoms with Crippen molar-refractivity contribution < 1.29 is 28.4 Å². The van der Waals surface area contributed by atoms with Crippen molar-refractivity contribution in [2.75, 3.05) is 0 Å². The second-order valence-electron chi connectivity index (χ2n) is 4.67. The summed E-state index contributed by atoms with van der Waals surface area (Å²) in [7, 11) is 0. The number of nitro groups is 1. The lowest BCUT2D eigenvalue weighted by molar-refractivity contribution is -0.385. The molecular formula is C12H10F2N2O5. The minimum atomic E-state index is -1.46. The largest absolute Gasteiger partial charge is 0.480 e. The highest BCUT2D eigenvalue weighted by atomic mass is 19.2. The number of carboxylic acid groups (broad SMARTS) is 1. The zero-order valence-electron chi connectivity index (χ0n) is 10.5. The van der Waals surface area contributed by atoms with Crippen LogP contribution < -0.4 is 5.32 Å². The van der Waals surface area contributed by atoms with E-state index in [2.05, 4.69) is 5.32 Å². The molecule has 0 bridgehead atoms. The van der Waals surface area contributed by atoms with Gasteiger partial charge in [0.05, 0.1) is 11.0 Å². The summed E-state index contributed by atoms with van der Waals surface area (Å²) in [6.45, 7) is 0. The summed E-state index contributed by atoms with van der Waals surface area (Å²) in [5.74, 6) is -5.55. The van der Waals surface area contributed by atoms with Gasteiger partial charge in [-0.15, -0.1) is 0 Å². The Bertz CT molecular complexity index is 630. The summed E-state index contributed by atoms with van der Waals surface area (Å²) in [6.07, 6.45) is 1.22. The van der Waals surface area contributed by atoms with E-state index in [4.69, 9.17) is 5.11 Å². The van der Waals surface area contributed by atoms with Gasteiger partial charge in [-0.05, 0) is 24.8 Å². The second-order valence-corrected chi connectivity index (χ2v) is 4.67. The topological polar surface area (TPSA) is 110 Å². The molecule has 2 rings (SSSR count). The number of amides is 1. The van der Waals surface area contributed by atoms with E-state index >= 15 is 0 Å². The summed E-state index contributed by atoms with van der Waals surface area (Å²) in [4.78, 5) is 32.7. The third-order valence-corrected chi connectivity index (χ3v) is 3.13. The van der Waals surface area contributed by atoms with Crippen molar-refractivity contribution in [1.82, 2.24) is 5.32 Å². The normalized spacial score (nSPS) is 15.3. The fourth-order valence-corrected chi connectivity index (χ4v) is 1.90. The first-order valence-electron chi connectivity index (χ1n) is 5.98. The molecule has 0 aromatic heterocycles. The smallest absolute Gasteiger partial charge is 0.326 e. The van der Waals surface area contributed by atoms with Gasteiger partial charge < -0.3 is 10.4 Å². The van der Waals surface area contributed by atoms with Crippen molar-refractivity contribution in [3.8, 4) is 0 Å². The van der Waals surface area contributed by atoms with Crippen LogP contribution in [0.5, 0.6) is 0 Å². The standard InChI is InChI=1S/C12H10F2N2O5/c13-7-3-6(9(16(20)21)4-8(7)14)11(17)15-10(12(18)19)5-1-2-5/h3-5,10H,1-2H2,(H,15,17)(H,18,19). The molecule has 0 aliphatic heterocycles. The minimum absolute atomic E-state index is 0.254. The maximum Gasteiger partial charge on any atom is 0.326 e. The van der Waals surface area contributed by atoms with E-state index in [0.29, 0.717) is 18.9 Å². The van der Waals surface area contributed by atoms with E-state index in [1.54, 1.807) is 0 Å². The van der Waals surface area contributed by atoms with Crippen LogP contribution in [0.25, 0.3) is 0 Å². The molecule has 2 N–H and O–H groups in total. The fraction of sp³-hybridized carbons (Fsp3) is 0.333. The maximum absolute atomic E-state index is 13.2. The Hall–Kier alpha value is -2.58. The number of carboxylic acids is 1.